The maximum atomic E-state index is 13.0. The fourth-order valence-electron chi connectivity index (χ4n) is 4.23. The molecule has 26 heavy (non-hydrogen) atoms. The van der Waals surface area contributed by atoms with E-state index in [9.17, 15) is 13.2 Å². The average molecular weight is 379 g/mol. The minimum atomic E-state index is -3.49. The molecular weight excluding hydrogens is 348 g/mol. The Balaban J connectivity index is 1.67. The van der Waals surface area contributed by atoms with E-state index in [-0.39, 0.29) is 11.8 Å². The second-order valence-corrected chi connectivity index (χ2v) is 9.73. The summed E-state index contributed by atoms with van der Waals surface area (Å²) in [4.78, 5) is 15.2. The second kappa shape index (κ2) is 7.69. The maximum Gasteiger partial charge on any atom is 0.243 e. The van der Waals surface area contributed by atoms with Crippen LogP contribution in [0.4, 0.5) is 0 Å². The Kier molecular flexibility index (Phi) is 5.72. The number of carbonyl (C=O) groups is 1. The molecule has 2 heterocycles. The van der Waals surface area contributed by atoms with Gasteiger partial charge in [-0.05, 0) is 64.5 Å². The van der Waals surface area contributed by atoms with Crippen molar-refractivity contribution in [3.05, 3.63) is 29.3 Å². The first-order valence-electron chi connectivity index (χ1n) is 9.68. The average Bonchev–Trinajstić information content (AvgIpc) is 2.61. The lowest BCUT2D eigenvalue weighted by Crippen LogP contribution is -2.48. The lowest BCUT2D eigenvalue weighted by atomic mass is 9.94. The molecule has 2 saturated heterocycles. The zero-order valence-electron chi connectivity index (χ0n) is 16.1. The number of rotatable bonds is 3. The van der Waals surface area contributed by atoms with E-state index in [0.717, 1.165) is 30.5 Å². The van der Waals surface area contributed by atoms with Gasteiger partial charge in [0.25, 0.3) is 0 Å². The van der Waals surface area contributed by atoms with Crippen molar-refractivity contribution < 1.29 is 13.2 Å². The molecule has 0 spiro atoms. The lowest BCUT2D eigenvalue weighted by molar-refractivity contribution is -0.140. The van der Waals surface area contributed by atoms with Crippen molar-refractivity contribution in [2.45, 2.75) is 63.8 Å². The van der Waals surface area contributed by atoms with E-state index >= 15 is 0 Å². The van der Waals surface area contributed by atoms with E-state index in [0.29, 0.717) is 36.9 Å². The zero-order chi connectivity index (χ0) is 18.9. The van der Waals surface area contributed by atoms with Crippen LogP contribution in [0.25, 0.3) is 0 Å². The van der Waals surface area contributed by atoms with Crippen LogP contribution in [0.2, 0.25) is 0 Å². The maximum absolute atomic E-state index is 13.0. The van der Waals surface area contributed by atoms with Gasteiger partial charge in [-0.1, -0.05) is 17.7 Å². The molecular formula is C20H30N2O3S. The minimum absolute atomic E-state index is 0.0406. The summed E-state index contributed by atoms with van der Waals surface area (Å²) < 4.78 is 27.5. The molecule has 0 aliphatic carbocycles. The number of nitrogens with zero attached hydrogens (tertiary/aromatic N) is 2. The molecule has 1 aromatic carbocycles. The molecule has 144 valence electrons. The van der Waals surface area contributed by atoms with Gasteiger partial charge in [-0.2, -0.15) is 4.31 Å². The highest BCUT2D eigenvalue weighted by Gasteiger charge is 2.35. The summed E-state index contributed by atoms with van der Waals surface area (Å²) in [5.74, 6) is 0.182. The van der Waals surface area contributed by atoms with E-state index in [1.54, 1.807) is 10.4 Å². The Bertz CT molecular complexity index is 767. The molecule has 1 aromatic rings. The molecule has 6 heteroatoms. The third kappa shape index (κ3) is 3.81. The number of benzene rings is 1. The van der Waals surface area contributed by atoms with Gasteiger partial charge in [-0.3, -0.25) is 4.79 Å². The Labute approximate surface area is 157 Å². The summed E-state index contributed by atoms with van der Waals surface area (Å²) in [5.41, 5.74) is 1.84. The molecule has 0 aromatic heterocycles. The van der Waals surface area contributed by atoms with Crippen LogP contribution in [0.3, 0.4) is 0 Å². The number of likely N-dealkylation sites (tertiary alicyclic amines) is 1. The van der Waals surface area contributed by atoms with Gasteiger partial charge in [0.15, 0.2) is 0 Å². The van der Waals surface area contributed by atoms with E-state index in [2.05, 4.69) is 6.92 Å². The van der Waals surface area contributed by atoms with E-state index in [1.165, 1.54) is 6.42 Å². The summed E-state index contributed by atoms with van der Waals surface area (Å²) >= 11 is 0. The first kappa shape index (κ1) is 19.4. The van der Waals surface area contributed by atoms with E-state index in [4.69, 9.17) is 0 Å². The number of hydrogen-bond acceptors (Lipinski definition) is 3. The molecule has 3 rings (SSSR count). The molecule has 2 aliphatic rings. The fourth-order valence-corrected chi connectivity index (χ4v) is 5.91. The number of sulfonamides is 1. The highest BCUT2D eigenvalue weighted by atomic mass is 32.2. The van der Waals surface area contributed by atoms with Gasteiger partial charge in [0.1, 0.15) is 0 Å². The molecule has 2 aliphatic heterocycles. The van der Waals surface area contributed by atoms with Crippen LogP contribution in [-0.4, -0.2) is 49.2 Å². The van der Waals surface area contributed by atoms with Crippen LogP contribution < -0.4 is 0 Å². The summed E-state index contributed by atoms with van der Waals surface area (Å²) in [6, 6.07) is 5.76. The van der Waals surface area contributed by atoms with E-state index in [1.807, 2.05) is 30.9 Å². The van der Waals surface area contributed by atoms with Gasteiger partial charge >= 0.3 is 0 Å². The quantitative estimate of drug-likeness (QED) is 0.812. The van der Waals surface area contributed by atoms with Crippen LogP contribution in [0.5, 0.6) is 0 Å². The summed E-state index contributed by atoms with van der Waals surface area (Å²) in [6.45, 7) is 7.62. The monoisotopic (exact) mass is 378 g/mol. The normalized spacial score (nSPS) is 23.2. The molecule has 1 atom stereocenters. The number of aryl methyl sites for hydroxylation is 2. The van der Waals surface area contributed by atoms with Gasteiger partial charge < -0.3 is 4.90 Å². The number of amides is 1. The SMILES string of the molecule is Cc1ccc(S(=O)(=O)N2CCC(C(=O)N3CCCCC3C)CC2)c(C)c1. The Hall–Kier alpha value is -1.40. The molecule has 0 radical (unpaired) electrons. The van der Waals surface area contributed by atoms with Crippen molar-refractivity contribution in [2.75, 3.05) is 19.6 Å². The van der Waals surface area contributed by atoms with Crippen LogP contribution >= 0.6 is 0 Å². The van der Waals surface area contributed by atoms with Crippen molar-refractivity contribution in [3.8, 4) is 0 Å². The highest BCUT2D eigenvalue weighted by Crippen LogP contribution is 2.28. The Morgan fingerprint density at radius 3 is 2.35 bits per heavy atom. The van der Waals surface area contributed by atoms with Crippen LogP contribution in [-0.2, 0) is 14.8 Å². The molecule has 1 amide bonds. The largest absolute Gasteiger partial charge is 0.340 e. The van der Waals surface area contributed by atoms with Crippen LogP contribution in [0, 0.1) is 19.8 Å². The predicted molar refractivity (Wildman–Crippen MR) is 102 cm³/mol. The fraction of sp³-hybridized carbons (Fsp3) is 0.650. The minimum Gasteiger partial charge on any atom is -0.340 e. The highest BCUT2D eigenvalue weighted by molar-refractivity contribution is 7.89. The Morgan fingerprint density at radius 1 is 1.04 bits per heavy atom. The summed E-state index contributed by atoms with van der Waals surface area (Å²) in [6.07, 6.45) is 4.58. The van der Waals surface area contributed by atoms with Crippen molar-refractivity contribution in [3.63, 3.8) is 0 Å². The van der Waals surface area contributed by atoms with Crippen molar-refractivity contribution in [1.29, 1.82) is 0 Å². The first-order valence-corrected chi connectivity index (χ1v) is 11.1. The van der Waals surface area contributed by atoms with Gasteiger partial charge in [0, 0.05) is 31.6 Å². The predicted octanol–water partition coefficient (Wildman–Crippen LogP) is 3.11. The number of carbonyl (C=O) groups excluding carboxylic acids is 1. The smallest absolute Gasteiger partial charge is 0.243 e. The lowest BCUT2D eigenvalue weighted by Gasteiger charge is -2.38. The summed E-state index contributed by atoms with van der Waals surface area (Å²) in [7, 11) is -3.49. The topological polar surface area (TPSA) is 57.7 Å². The first-order chi connectivity index (χ1) is 12.3. The van der Waals surface area contributed by atoms with Crippen LogP contribution in [0.15, 0.2) is 23.1 Å². The molecule has 1 unspecified atom stereocenters. The second-order valence-electron chi connectivity index (χ2n) is 7.82. The molecule has 5 nitrogen and oxygen atoms in total. The Morgan fingerprint density at radius 2 is 1.73 bits per heavy atom. The van der Waals surface area contributed by atoms with Gasteiger partial charge in [0.05, 0.1) is 4.90 Å². The molecule has 0 bridgehead atoms. The van der Waals surface area contributed by atoms with Gasteiger partial charge in [-0.15, -0.1) is 0 Å². The molecule has 0 N–H and O–H groups in total. The number of hydrogen-bond donors (Lipinski definition) is 0. The summed E-state index contributed by atoms with van der Waals surface area (Å²) in [5, 5.41) is 0. The van der Waals surface area contributed by atoms with Gasteiger partial charge in [-0.25, -0.2) is 8.42 Å². The number of piperidine rings is 2. The van der Waals surface area contributed by atoms with Crippen molar-refractivity contribution in [1.82, 2.24) is 9.21 Å². The van der Waals surface area contributed by atoms with E-state index < -0.39 is 10.0 Å². The third-order valence-corrected chi connectivity index (χ3v) is 7.90. The molecule has 0 saturated carbocycles. The van der Waals surface area contributed by atoms with Crippen molar-refractivity contribution in [2.24, 2.45) is 5.92 Å². The van der Waals surface area contributed by atoms with Crippen LogP contribution in [0.1, 0.15) is 50.2 Å². The molecule has 2 fully saturated rings. The zero-order valence-corrected chi connectivity index (χ0v) is 16.9. The third-order valence-electron chi connectivity index (χ3n) is 5.84. The standard InChI is InChI=1S/C20H30N2O3S/c1-15-7-8-19(16(2)14-15)26(24,25)21-12-9-18(10-13-21)20(23)22-11-5-4-6-17(22)3/h7-8,14,17-18H,4-6,9-13H2,1-3H3. The van der Waals surface area contributed by atoms with Gasteiger partial charge in [0.2, 0.25) is 15.9 Å². The van der Waals surface area contributed by atoms with Crippen molar-refractivity contribution >= 4 is 15.9 Å².